The molecule has 0 saturated heterocycles. The number of aliphatic carboxylic acids is 1. The molecule has 1 amide bonds. The molecule has 8 heteroatoms. The van der Waals surface area contributed by atoms with Crippen LogP contribution in [0.5, 0.6) is 11.5 Å². The largest absolute Gasteiger partial charge is 0.493 e. The van der Waals surface area contributed by atoms with Crippen LogP contribution >= 0.6 is 22.6 Å². The van der Waals surface area contributed by atoms with Gasteiger partial charge < -0.3 is 14.6 Å². The SMILES string of the molecule is COc1cc(/C=N/NC(=O)Cc2ccc(C)cc2C)cc(I)c1OCC(=O)O. The number of methoxy groups -OCH3 is 1. The van der Waals surface area contributed by atoms with E-state index in [9.17, 15) is 9.59 Å². The number of carbonyl (C=O) groups excluding carboxylic acids is 1. The summed E-state index contributed by atoms with van der Waals surface area (Å²) in [5, 5.41) is 12.7. The topological polar surface area (TPSA) is 97.2 Å². The van der Waals surface area contributed by atoms with Gasteiger partial charge in [0.25, 0.3) is 0 Å². The highest BCUT2D eigenvalue weighted by Crippen LogP contribution is 2.33. The molecule has 2 aromatic rings. The maximum absolute atomic E-state index is 12.1. The van der Waals surface area contributed by atoms with Crippen LogP contribution in [-0.4, -0.2) is 36.9 Å². The summed E-state index contributed by atoms with van der Waals surface area (Å²) in [5.74, 6) is -0.556. The van der Waals surface area contributed by atoms with Crippen molar-refractivity contribution in [2.45, 2.75) is 20.3 Å². The summed E-state index contributed by atoms with van der Waals surface area (Å²) >= 11 is 2.02. The zero-order valence-corrected chi connectivity index (χ0v) is 17.9. The Balaban J connectivity index is 2.04. The van der Waals surface area contributed by atoms with Gasteiger partial charge in [-0.1, -0.05) is 23.8 Å². The minimum Gasteiger partial charge on any atom is -0.493 e. The molecule has 0 spiro atoms. The molecule has 0 aliphatic carbocycles. The van der Waals surface area contributed by atoms with E-state index in [1.807, 2.05) is 54.6 Å². The number of amides is 1. The van der Waals surface area contributed by atoms with E-state index in [1.54, 1.807) is 12.1 Å². The minimum atomic E-state index is -1.07. The molecule has 0 aliphatic heterocycles. The van der Waals surface area contributed by atoms with Gasteiger partial charge in [-0.05, 0) is 65.3 Å². The fraction of sp³-hybridized carbons (Fsp3) is 0.250. The van der Waals surface area contributed by atoms with Crippen molar-refractivity contribution >= 4 is 40.7 Å². The van der Waals surface area contributed by atoms with Gasteiger partial charge in [0.05, 0.1) is 23.3 Å². The maximum atomic E-state index is 12.1. The van der Waals surface area contributed by atoms with Crippen molar-refractivity contribution in [2.75, 3.05) is 13.7 Å². The number of aryl methyl sites for hydroxylation is 2. The van der Waals surface area contributed by atoms with Crippen LogP contribution in [-0.2, 0) is 16.0 Å². The third-order valence-corrected chi connectivity index (χ3v) is 4.65. The molecule has 0 radical (unpaired) electrons. The highest BCUT2D eigenvalue weighted by atomic mass is 127. The van der Waals surface area contributed by atoms with Gasteiger partial charge in [0, 0.05) is 0 Å². The van der Waals surface area contributed by atoms with Crippen LogP contribution in [0.4, 0.5) is 0 Å². The molecule has 2 N–H and O–H groups in total. The number of benzene rings is 2. The van der Waals surface area contributed by atoms with Crippen LogP contribution in [0.1, 0.15) is 22.3 Å². The highest BCUT2D eigenvalue weighted by Gasteiger charge is 2.13. The number of hydrogen-bond donors (Lipinski definition) is 2. The number of ether oxygens (including phenoxy) is 2. The summed E-state index contributed by atoms with van der Waals surface area (Å²) in [6.45, 7) is 3.52. The molecule has 0 atom stereocenters. The third-order valence-electron chi connectivity index (χ3n) is 3.84. The molecule has 0 heterocycles. The van der Waals surface area contributed by atoms with Gasteiger partial charge >= 0.3 is 5.97 Å². The van der Waals surface area contributed by atoms with Gasteiger partial charge in [0.2, 0.25) is 5.91 Å². The lowest BCUT2D eigenvalue weighted by molar-refractivity contribution is -0.139. The summed E-state index contributed by atoms with van der Waals surface area (Å²) in [4.78, 5) is 22.8. The summed E-state index contributed by atoms with van der Waals surface area (Å²) in [7, 11) is 1.46. The first-order chi connectivity index (χ1) is 13.3. The Bertz CT molecular complexity index is 912. The first-order valence-electron chi connectivity index (χ1n) is 8.40. The third kappa shape index (κ3) is 6.22. The molecule has 0 saturated carbocycles. The smallest absolute Gasteiger partial charge is 0.341 e. The lowest BCUT2D eigenvalue weighted by Crippen LogP contribution is -2.20. The number of carboxylic acids is 1. The monoisotopic (exact) mass is 496 g/mol. The Kier molecular flexibility index (Phi) is 7.80. The summed E-state index contributed by atoms with van der Waals surface area (Å²) in [6.07, 6.45) is 1.73. The van der Waals surface area contributed by atoms with E-state index < -0.39 is 12.6 Å². The van der Waals surface area contributed by atoms with Crippen LogP contribution in [0.3, 0.4) is 0 Å². The van der Waals surface area contributed by atoms with Crippen LogP contribution < -0.4 is 14.9 Å². The molecule has 7 nitrogen and oxygen atoms in total. The van der Waals surface area contributed by atoms with Gasteiger partial charge in [0.1, 0.15) is 0 Å². The van der Waals surface area contributed by atoms with Gasteiger partial charge in [-0.15, -0.1) is 0 Å². The van der Waals surface area contributed by atoms with Crippen molar-refractivity contribution in [2.24, 2.45) is 5.10 Å². The van der Waals surface area contributed by atoms with Crippen molar-refractivity contribution < 1.29 is 24.2 Å². The number of carbonyl (C=O) groups is 2. The molecular formula is C20H21IN2O5. The Morgan fingerprint density at radius 3 is 2.64 bits per heavy atom. The molecule has 0 aliphatic rings. The molecule has 148 valence electrons. The first-order valence-corrected chi connectivity index (χ1v) is 9.48. The van der Waals surface area contributed by atoms with Crippen molar-refractivity contribution in [1.82, 2.24) is 5.43 Å². The number of halogens is 1. The lowest BCUT2D eigenvalue weighted by Gasteiger charge is -2.12. The number of nitrogens with one attached hydrogen (secondary N) is 1. The zero-order valence-electron chi connectivity index (χ0n) is 15.8. The van der Waals surface area contributed by atoms with E-state index in [-0.39, 0.29) is 12.3 Å². The van der Waals surface area contributed by atoms with Crippen LogP contribution in [0.15, 0.2) is 35.4 Å². The van der Waals surface area contributed by atoms with Gasteiger partial charge in [-0.25, -0.2) is 10.2 Å². The van der Waals surface area contributed by atoms with Gasteiger partial charge in [-0.3, -0.25) is 4.79 Å². The average molecular weight is 496 g/mol. The van der Waals surface area contributed by atoms with Gasteiger partial charge in [0.15, 0.2) is 18.1 Å². The molecule has 0 fully saturated rings. The lowest BCUT2D eigenvalue weighted by atomic mass is 10.0. The van der Waals surface area contributed by atoms with Crippen LogP contribution in [0, 0.1) is 17.4 Å². The van der Waals surface area contributed by atoms with E-state index in [4.69, 9.17) is 14.6 Å². The second-order valence-electron chi connectivity index (χ2n) is 6.12. The van der Waals surface area contributed by atoms with Crippen molar-refractivity contribution in [3.8, 4) is 11.5 Å². The summed E-state index contributed by atoms with van der Waals surface area (Å²) in [5.41, 5.74) is 6.36. The normalized spacial score (nSPS) is 10.7. The second-order valence-corrected chi connectivity index (χ2v) is 7.28. The predicted octanol–water partition coefficient (Wildman–Crippen LogP) is 3.07. The molecular weight excluding hydrogens is 475 g/mol. The quantitative estimate of drug-likeness (QED) is 0.333. The fourth-order valence-corrected chi connectivity index (χ4v) is 3.30. The van der Waals surface area contributed by atoms with Crippen LogP contribution in [0.25, 0.3) is 0 Å². The van der Waals surface area contributed by atoms with Crippen molar-refractivity contribution in [1.29, 1.82) is 0 Å². The Labute approximate surface area is 176 Å². The Morgan fingerprint density at radius 2 is 2.00 bits per heavy atom. The molecule has 2 rings (SSSR count). The number of hydrazone groups is 1. The molecule has 0 bridgehead atoms. The number of rotatable bonds is 8. The maximum Gasteiger partial charge on any atom is 0.341 e. The zero-order chi connectivity index (χ0) is 20.7. The highest BCUT2D eigenvalue weighted by molar-refractivity contribution is 14.1. The van der Waals surface area contributed by atoms with E-state index >= 15 is 0 Å². The van der Waals surface area contributed by atoms with E-state index in [0.717, 1.165) is 16.7 Å². The van der Waals surface area contributed by atoms with Gasteiger partial charge in [-0.2, -0.15) is 5.10 Å². The Morgan fingerprint density at radius 1 is 1.25 bits per heavy atom. The molecule has 0 unspecified atom stereocenters. The number of carboxylic acid groups (broad SMARTS) is 1. The molecule has 0 aromatic heterocycles. The molecule has 28 heavy (non-hydrogen) atoms. The summed E-state index contributed by atoms with van der Waals surface area (Å²) < 4.78 is 11.2. The first kappa shape index (κ1) is 21.7. The standard InChI is InChI=1S/C20H21IN2O5/c1-12-4-5-15(13(2)6-12)9-18(24)23-22-10-14-7-16(21)20(17(8-14)27-3)28-11-19(25)26/h4-8,10H,9,11H2,1-3H3,(H,23,24)(H,25,26)/b22-10+. The van der Waals surface area contributed by atoms with Crippen molar-refractivity contribution in [3.63, 3.8) is 0 Å². The number of nitrogens with zero attached hydrogens (tertiary/aromatic N) is 1. The minimum absolute atomic E-state index is 0.216. The summed E-state index contributed by atoms with van der Waals surface area (Å²) in [6, 6.07) is 9.35. The second kappa shape index (κ2) is 10.1. The Hall–Kier alpha value is -2.62. The number of hydrogen-bond acceptors (Lipinski definition) is 5. The van der Waals surface area contributed by atoms with Crippen LogP contribution in [0.2, 0.25) is 0 Å². The van der Waals surface area contributed by atoms with E-state index in [1.165, 1.54) is 13.3 Å². The van der Waals surface area contributed by atoms with Crippen molar-refractivity contribution in [3.05, 3.63) is 56.2 Å². The van der Waals surface area contributed by atoms with E-state index in [2.05, 4.69) is 10.5 Å². The fourth-order valence-electron chi connectivity index (χ4n) is 2.52. The van der Waals surface area contributed by atoms with E-state index in [0.29, 0.717) is 20.6 Å². The molecule has 2 aromatic carbocycles. The average Bonchev–Trinajstić information content (AvgIpc) is 2.62. The predicted molar refractivity (Wildman–Crippen MR) is 114 cm³/mol.